The van der Waals surface area contributed by atoms with Crippen molar-refractivity contribution in [3.05, 3.63) is 23.9 Å². The number of methoxy groups -OCH3 is 1. The molecule has 110 valence electrons. The first-order chi connectivity index (χ1) is 9.79. The number of carbonyl (C=O) groups excluding carboxylic acids is 1. The number of nitrogens with zero attached hydrogens (tertiary/aromatic N) is 1. The predicted octanol–water partition coefficient (Wildman–Crippen LogP) is 1.73. The highest BCUT2D eigenvalue weighted by atomic mass is 32.2. The number of thioether (sulfide) groups is 1. The molecule has 1 saturated heterocycles. The van der Waals surface area contributed by atoms with Gasteiger partial charge in [0.1, 0.15) is 6.10 Å². The van der Waals surface area contributed by atoms with E-state index in [2.05, 4.69) is 10.3 Å². The highest BCUT2D eigenvalue weighted by molar-refractivity contribution is 7.99. The molecule has 20 heavy (non-hydrogen) atoms. The molecule has 0 radical (unpaired) electrons. The molecule has 2 heterocycles. The van der Waals surface area contributed by atoms with E-state index in [1.807, 2.05) is 11.8 Å². The minimum atomic E-state index is -0.103. The second-order valence-electron chi connectivity index (χ2n) is 4.59. The van der Waals surface area contributed by atoms with Crippen molar-refractivity contribution in [2.24, 2.45) is 0 Å². The molecule has 0 saturated carbocycles. The van der Waals surface area contributed by atoms with E-state index < -0.39 is 0 Å². The van der Waals surface area contributed by atoms with Crippen molar-refractivity contribution in [2.75, 3.05) is 31.8 Å². The molecule has 0 bridgehead atoms. The maximum absolute atomic E-state index is 12.0. The molecule has 0 aliphatic carbocycles. The lowest BCUT2D eigenvalue weighted by molar-refractivity contribution is 0.0947. The van der Waals surface area contributed by atoms with Gasteiger partial charge in [-0.05, 0) is 24.7 Å². The van der Waals surface area contributed by atoms with Gasteiger partial charge in [0.25, 0.3) is 5.91 Å². The summed E-state index contributed by atoms with van der Waals surface area (Å²) in [7, 11) is 1.65. The van der Waals surface area contributed by atoms with Crippen molar-refractivity contribution in [1.82, 2.24) is 10.3 Å². The predicted molar refractivity (Wildman–Crippen MR) is 79.4 cm³/mol. The van der Waals surface area contributed by atoms with E-state index in [1.165, 1.54) is 0 Å². The first-order valence-corrected chi connectivity index (χ1v) is 7.92. The highest BCUT2D eigenvalue weighted by Crippen LogP contribution is 2.22. The minimum absolute atomic E-state index is 0.103. The van der Waals surface area contributed by atoms with Gasteiger partial charge in [0.15, 0.2) is 0 Å². The maximum atomic E-state index is 12.0. The molecule has 1 aliphatic heterocycles. The molecule has 5 nitrogen and oxygen atoms in total. The summed E-state index contributed by atoms with van der Waals surface area (Å²) in [6, 6.07) is 3.40. The van der Waals surface area contributed by atoms with Crippen LogP contribution in [0, 0.1) is 0 Å². The molecule has 1 atom stereocenters. The molecule has 0 spiro atoms. The van der Waals surface area contributed by atoms with Crippen molar-refractivity contribution in [3.8, 4) is 5.88 Å². The number of amides is 1. The Bertz CT molecular complexity index is 436. The number of nitrogens with one attached hydrogen (secondary N) is 1. The van der Waals surface area contributed by atoms with Gasteiger partial charge in [0.2, 0.25) is 5.88 Å². The molecular formula is C14H20N2O3S. The van der Waals surface area contributed by atoms with Crippen LogP contribution in [-0.4, -0.2) is 48.8 Å². The summed E-state index contributed by atoms with van der Waals surface area (Å²) in [5, 5.41) is 2.85. The van der Waals surface area contributed by atoms with Crippen molar-refractivity contribution in [2.45, 2.75) is 18.9 Å². The summed E-state index contributed by atoms with van der Waals surface area (Å²) in [6.45, 7) is 1.24. The van der Waals surface area contributed by atoms with Crippen LogP contribution in [0.2, 0.25) is 0 Å². The third-order valence-electron chi connectivity index (χ3n) is 2.98. The molecule has 1 N–H and O–H groups in total. The Labute approximate surface area is 123 Å². The van der Waals surface area contributed by atoms with Gasteiger partial charge < -0.3 is 14.8 Å². The van der Waals surface area contributed by atoms with Gasteiger partial charge in [0.05, 0.1) is 0 Å². The van der Waals surface area contributed by atoms with Crippen LogP contribution in [0.3, 0.4) is 0 Å². The van der Waals surface area contributed by atoms with Gasteiger partial charge in [0, 0.05) is 43.8 Å². The number of hydrogen-bond donors (Lipinski definition) is 1. The van der Waals surface area contributed by atoms with E-state index in [-0.39, 0.29) is 12.0 Å². The van der Waals surface area contributed by atoms with E-state index in [9.17, 15) is 4.79 Å². The molecule has 1 amide bonds. The number of ether oxygens (including phenoxy) is 2. The van der Waals surface area contributed by atoms with E-state index in [4.69, 9.17) is 9.47 Å². The Hall–Kier alpha value is -1.27. The lowest BCUT2D eigenvalue weighted by atomic mass is 10.2. The maximum Gasteiger partial charge on any atom is 0.251 e. The summed E-state index contributed by atoms with van der Waals surface area (Å²) in [4.78, 5) is 16.1. The SMILES string of the molecule is COCCCNC(=O)c1ccnc(OC2CCSC2)c1. The van der Waals surface area contributed by atoms with Crippen molar-refractivity contribution in [1.29, 1.82) is 0 Å². The summed E-state index contributed by atoms with van der Waals surface area (Å²) in [6.07, 6.45) is 3.67. The molecule has 1 aromatic heterocycles. The van der Waals surface area contributed by atoms with Crippen LogP contribution >= 0.6 is 11.8 Å². The van der Waals surface area contributed by atoms with E-state index in [1.54, 1.807) is 25.4 Å². The highest BCUT2D eigenvalue weighted by Gasteiger charge is 2.18. The van der Waals surface area contributed by atoms with Crippen LogP contribution in [-0.2, 0) is 4.74 Å². The van der Waals surface area contributed by atoms with Gasteiger partial charge in [-0.15, -0.1) is 0 Å². The zero-order valence-electron chi connectivity index (χ0n) is 11.6. The molecule has 0 aromatic carbocycles. The number of hydrogen-bond acceptors (Lipinski definition) is 5. The summed E-state index contributed by atoms with van der Waals surface area (Å²) in [5.41, 5.74) is 0.582. The average Bonchev–Trinajstić information content (AvgIpc) is 2.96. The zero-order chi connectivity index (χ0) is 14.2. The molecule has 6 heteroatoms. The lowest BCUT2D eigenvalue weighted by Crippen LogP contribution is -2.25. The fourth-order valence-corrected chi connectivity index (χ4v) is 3.01. The average molecular weight is 296 g/mol. The lowest BCUT2D eigenvalue weighted by Gasteiger charge is -2.12. The third kappa shape index (κ3) is 4.68. The molecule has 1 unspecified atom stereocenters. The Morgan fingerprint density at radius 3 is 3.25 bits per heavy atom. The minimum Gasteiger partial charge on any atom is -0.473 e. The van der Waals surface area contributed by atoms with Crippen molar-refractivity contribution in [3.63, 3.8) is 0 Å². The van der Waals surface area contributed by atoms with E-state index in [0.29, 0.717) is 24.6 Å². The first-order valence-electron chi connectivity index (χ1n) is 6.77. The number of aromatic nitrogens is 1. The van der Waals surface area contributed by atoms with Gasteiger partial charge in [-0.2, -0.15) is 11.8 Å². The summed E-state index contributed by atoms with van der Waals surface area (Å²) >= 11 is 1.88. The van der Waals surface area contributed by atoms with Crippen LogP contribution in [0.1, 0.15) is 23.2 Å². The van der Waals surface area contributed by atoms with Gasteiger partial charge in [-0.25, -0.2) is 4.98 Å². The van der Waals surface area contributed by atoms with Crippen molar-refractivity contribution >= 4 is 17.7 Å². The Morgan fingerprint density at radius 1 is 1.60 bits per heavy atom. The van der Waals surface area contributed by atoms with Crippen LogP contribution < -0.4 is 10.1 Å². The van der Waals surface area contributed by atoms with E-state index in [0.717, 1.165) is 24.3 Å². The molecule has 2 rings (SSSR count). The number of pyridine rings is 1. The Kier molecular flexibility index (Phi) is 6.14. The quantitative estimate of drug-likeness (QED) is 0.777. The van der Waals surface area contributed by atoms with E-state index >= 15 is 0 Å². The largest absolute Gasteiger partial charge is 0.473 e. The van der Waals surface area contributed by atoms with Crippen LogP contribution in [0.25, 0.3) is 0 Å². The van der Waals surface area contributed by atoms with Crippen LogP contribution in [0.5, 0.6) is 5.88 Å². The standard InChI is InChI=1S/C14H20N2O3S/c1-18-7-2-5-16-14(17)11-3-6-15-13(9-11)19-12-4-8-20-10-12/h3,6,9,12H,2,4-5,7-8,10H2,1H3,(H,16,17). The van der Waals surface area contributed by atoms with Gasteiger partial charge >= 0.3 is 0 Å². The van der Waals surface area contributed by atoms with Crippen LogP contribution in [0.4, 0.5) is 0 Å². The Morgan fingerprint density at radius 2 is 2.50 bits per heavy atom. The topological polar surface area (TPSA) is 60.5 Å². The molecular weight excluding hydrogens is 276 g/mol. The smallest absolute Gasteiger partial charge is 0.251 e. The van der Waals surface area contributed by atoms with Gasteiger partial charge in [-0.3, -0.25) is 4.79 Å². The fourth-order valence-electron chi connectivity index (χ4n) is 1.91. The molecule has 1 fully saturated rings. The van der Waals surface area contributed by atoms with Gasteiger partial charge in [-0.1, -0.05) is 0 Å². The normalized spacial score (nSPS) is 17.9. The summed E-state index contributed by atoms with van der Waals surface area (Å²) in [5.74, 6) is 2.55. The Balaban J connectivity index is 1.86. The summed E-state index contributed by atoms with van der Waals surface area (Å²) < 4.78 is 10.7. The molecule has 1 aromatic rings. The monoisotopic (exact) mass is 296 g/mol. The number of rotatable bonds is 7. The second kappa shape index (κ2) is 8.11. The zero-order valence-corrected chi connectivity index (χ0v) is 12.4. The fraction of sp³-hybridized carbons (Fsp3) is 0.571. The van der Waals surface area contributed by atoms with Crippen molar-refractivity contribution < 1.29 is 14.3 Å². The third-order valence-corrected chi connectivity index (χ3v) is 4.12. The second-order valence-corrected chi connectivity index (χ2v) is 5.74. The first kappa shape index (κ1) is 15.1. The number of carbonyl (C=O) groups is 1. The molecule has 1 aliphatic rings. The van der Waals surface area contributed by atoms with Crippen LogP contribution in [0.15, 0.2) is 18.3 Å².